The molecule has 3 amide bonds. The van der Waals surface area contributed by atoms with Crippen LogP contribution in [0.4, 0.5) is 10.5 Å². The summed E-state index contributed by atoms with van der Waals surface area (Å²) in [4.78, 5) is 62.7. The minimum Gasteiger partial charge on any atom is -0.497 e. The van der Waals surface area contributed by atoms with Crippen LogP contribution in [-0.4, -0.2) is 74.9 Å². The fourth-order valence-electron chi connectivity index (χ4n) is 5.88. The number of methoxy groups -OCH3 is 3. The van der Waals surface area contributed by atoms with Gasteiger partial charge < -0.3 is 44.4 Å². The molecule has 1 heterocycles. The highest BCUT2D eigenvalue weighted by Crippen LogP contribution is 2.51. The van der Waals surface area contributed by atoms with E-state index in [0.29, 0.717) is 54.7 Å². The molecule has 16 nitrogen and oxygen atoms in total. The summed E-state index contributed by atoms with van der Waals surface area (Å²) in [6.45, 7) is 5.80. The van der Waals surface area contributed by atoms with Crippen molar-refractivity contribution in [3.8, 4) is 23.0 Å². The van der Waals surface area contributed by atoms with E-state index in [2.05, 4.69) is 20.7 Å². The highest BCUT2D eigenvalue weighted by Gasteiger charge is 2.48. The second-order valence-electron chi connectivity index (χ2n) is 14.0. The number of nitrogens with one attached hydrogen (secondary N) is 3. The molecule has 0 bridgehead atoms. The first-order valence-electron chi connectivity index (χ1n) is 18.3. The monoisotopic (exact) mass is 778 g/mol. The molecule has 0 unspecified atom stereocenters. The van der Waals surface area contributed by atoms with E-state index in [0.717, 1.165) is 6.07 Å². The molecule has 16 heteroatoms. The second kappa shape index (κ2) is 19.5. The van der Waals surface area contributed by atoms with Crippen LogP contribution in [0.3, 0.4) is 0 Å². The molecule has 0 radical (unpaired) electrons. The number of unbranched alkanes of at least 4 members (excludes halogenated alkanes) is 3. The summed E-state index contributed by atoms with van der Waals surface area (Å²) in [5.74, 6) is -2.27. The number of rotatable bonds is 19. The predicted molar refractivity (Wildman–Crippen MR) is 204 cm³/mol. The lowest BCUT2D eigenvalue weighted by atomic mass is 9.97. The molecule has 3 aromatic rings. The fraction of sp³-hybridized carbons (Fsp3) is 0.450. The van der Waals surface area contributed by atoms with Gasteiger partial charge in [0.25, 0.3) is 11.6 Å². The Morgan fingerprint density at radius 3 is 1.95 bits per heavy atom. The van der Waals surface area contributed by atoms with Crippen molar-refractivity contribution in [1.29, 1.82) is 0 Å². The number of non-ortho nitro benzene ring substituents is 1. The Kier molecular flexibility index (Phi) is 14.9. The van der Waals surface area contributed by atoms with Gasteiger partial charge in [-0.25, -0.2) is 4.79 Å². The third kappa shape index (κ3) is 11.5. The molecule has 0 saturated carbocycles. The van der Waals surface area contributed by atoms with Gasteiger partial charge in [-0.05, 0) is 101 Å². The van der Waals surface area contributed by atoms with E-state index in [1.807, 2.05) is 0 Å². The third-order valence-electron chi connectivity index (χ3n) is 8.73. The number of ether oxygens (including phenoxy) is 6. The Hall–Kier alpha value is -6.06. The number of nitro groups is 1. The van der Waals surface area contributed by atoms with E-state index in [1.54, 1.807) is 69.3 Å². The van der Waals surface area contributed by atoms with E-state index >= 15 is 0 Å². The molecule has 0 saturated heterocycles. The Morgan fingerprint density at radius 1 is 0.804 bits per heavy atom. The van der Waals surface area contributed by atoms with Crippen molar-refractivity contribution in [2.24, 2.45) is 0 Å². The van der Waals surface area contributed by atoms with Crippen LogP contribution in [0.15, 0.2) is 60.7 Å². The van der Waals surface area contributed by atoms with E-state index in [4.69, 9.17) is 23.7 Å². The molecule has 3 aromatic carbocycles. The maximum absolute atomic E-state index is 14.2. The molecule has 1 aliphatic heterocycles. The smallest absolute Gasteiger partial charge is 0.407 e. The number of esters is 1. The molecule has 1 atom stereocenters. The molecule has 0 aliphatic carbocycles. The van der Waals surface area contributed by atoms with Crippen molar-refractivity contribution in [2.45, 2.75) is 83.1 Å². The van der Waals surface area contributed by atoms with Crippen molar-refractivity contribution in [2.75, 3.05) is 34.4 Å². The summed E-state index contributed by atoms with van der Waals surface area (Å²) in [7, 11) is 4.38. The van der Waals surface area contributed by atoms with Crippen molar-refractivity contribution < 1.29 is 52.5 Å². The van der Waals surface area contributed by atoms with Gasteiger partial charge in [0.05, 0.1) is 37.9 Å². The summed E-state index contributed by atoms with van der Waals surface area (Å²) in [5.41, 5.74) is -0.319. The van der Waals surface area contributed by atoms with Gasteiger partial charge in [-0.1, -0.05) is 6.42 Å². The topological polar surface area (TPSA) is 203 Å². The average Bonchev–Trinajstić information content (AvgIpc) is 3.58. The zero-order valence-corrected chi connectivity index (χ0v) is 32.6. The normalized spacial score (nSPS) is 13.2. The number of carbonyl (C=O) groups is 4. The van der Waals surface area contributed by atoms with Crippen molar-refractivity contribution >= 4 is 29.6 Å². The summed E-state index contributed by atoms with van der Waals surface area (Å²) in [6, 6.07) is 14.9. The second-order valence-corrected chi connectivity index (χ2v) is 14.0. The van der Waals surface area contributed by atoms with Crippen LogP contribution >= 0.6 is 0 Å². The van der Waals surface area contributed by atoms with Crippen LogP contribution in [0.2, 0.25) is 0 Å². The minimum absolute atomic E-state index is 0.0582. The van der Waals surface area contributed by atoms with Crippen LogP contribution in [0, 0.1) is 10.1 Å². The number of carbonyl (C=O) groups excluding carboxylic acids is 4. The highest BCUT2D eigenvalue weighted by molar-refractivity contribution is 6.01. The zero-order valence-electron chi connectivity index (χ0n) is 32.6. The lowest BCUT2D eigenvalue weighted by Crippen LogP contribution is -2.47. The van der Waals surface area contributed by atoms with Gasteiger partial charge in [0.2, 0.25) is 5.91 Å². The van der Waals surface area contributed by atoms with Gasteiger partial charge in [0.15, 0.2) is 11.5 Å². The standard InChI is InChI=1S/C40H50N4O12/c1-39(2,3)56-38(48)42-23-11-9-12-32(37(47)41-22-10-7-8-13-34(45)53-6)43-36(46)31-24-28(44(49)50)25-33-35(31)55-40(54-33,26-14-18-29(51-4)19-15-26)27-16-20-30(52-5)21-17-27/h14-21,24-25,32H,7-13,22-23H2,1-6H3,(H,41,47)(H,42,48)(H,43,46)/t32-/m0/s1. The first-order valence-corrected chi connectivity index (χ1v) is 18.3. The number of fused-ring (bicyclic) bond motifs is 1. The largest absolute Gasteiger partial charge is 0.497 e. The number of nitrogens with zero attached hydrogens (tertiary/aromatic N) is 1. The minimum atomic E-state index is -1.68. The third-order valence-corrected chi connectivity index (χ3v) is 8.73. The Morgan fingerprint density at radius 2 is 1.39 bits per heavy atom. The zero-order chi connectivity index (χ0) is 40.9. The molecule has 0 fully saturated rings. The molecule has 3 N–H and O–H groups in total. The highest BCUT2D eigenvalue weighted by atomic mass is 16.7. The van der Waals surface area contributed by atoms with Crippen LogP contribution < -0.4 is 34.9 Å². The Labute approximate surface area is 325 Å². The summed E-state index contributed by atoms with van der Waals surface area (Å²) < 4.78 is 33.6. The number of amides is 3. The van der Waals surface area contributed by atoms with Gasteiger partial charge in [0, 0.05) is 36.7 Å². The first kappa shape index (κ1) is 42.7. The van der Waals surface area contributed by atoms with Gasteiger partial charge >= 0.3 is 17.8 Å². The first-order chi connectivity index (χ1) is 26.7. The van der Waals surface area contributed by atoms with E-state index < -0.39 is 45.9 Å². The lowest BCUT2D eigenvalue weighted by Gasteiger charge is -2.29. The quantitative estimate of drug-likeness (QED) is 0.0561. The van der Waals surface area contributed by atoms with Crippen LogP contribution in [0.25, 0.3) is 0 Å². The van der Waals surface area contributed by atoms with Crippen molar-refractivity contribution in [3.05, 3.63) is 87.5 Å². The number of benzene rings is 3. The molecule has 0 spiro atoms. The maximum atomic E-state index is 14.2. The molecule has 4 rings (SSSR count). The lowest BCUT2D eigenvalue weighted by molar-refractivity contribution is -0.385. The van der Waals surface area contributed by atoms with E-state index in [1.165, 1.54) is 27.4 Å². The molecule has 56 heavy (non-hydrogen) atoms. The molecule has 1 aliphatic rings. The van der Waals surface area contributed by atoms with Gasteiger partial charge in [-0.2, -0.15) is 0 Å². The van der Waals surface area contributed by atoms with Gasteiger partial charge in [-0.15, -0.1) is 0 Å². The average molecular weight is 779 g/mol. The van der Waals surface area contributed by atoms with E-state index in [9.17, 15) is 29.3 Å². The summed E-state index contributed by atoms with van der Waals surface area (Å²) in [6.07, 6.45) is 2.55. The summed E-state index contributed by atoms with van der Waals surface area (Å²) in [5, 5.41) is 20.4. The van der Waals surface area contributed by atoms with Crippen LogP contribution in [0.5, 0.6) is 23.0 Å². The van der Waals surface area contributed by atoms with Crippen molar-refractivity contribution in [1.82, 2.24) is 16.0 Å². The van der Waals surface area contributed by atoms with Gasteiger partial charge in [0.1, 0.15) is 23.1 Å². The predicted octanol–water partition coefficient (Wildman–Crippen LogP) is 5.93. The number of alkyl carbamates (subject to hydrolysis) is 1. The molecule has 302 valence electrons. The van der Waals surface area contributed by atoms with E-state index in [-0.39, 0.29) is 49.0 Å². The Bertz CT molecular complexity index is 1790. The van der Waals surface area contributed by atoms with Crippen LogP contribution in [0.1, 0.15) is 87.2 Å². The van der Waals surface area contributed by atoms with Gasteiger partial charge in [-0.3, -0.25) is 24.5 Å². The Balaban J connectivity index is 1.60. The number of nitro benzene ring substituents is 1. The SMILES string of the molecule is COC(=O)CCCCCNC(=O)[C@H](CCCCNC(=O)OC(C)(C)C)NC(=O)c1cc([N+](=O)[O-])cc2c1OC(c1ccc(OC)cc1)(c1ccc(OC)cc1)O2. The number of hydrogen-bond donors (Lipinski definition) is 3. The van der Waals surface area contributed by atoms with Crippen molar-refractivity contribution in [3.63, 3.8) is 0 Å². The maximum Gasteiger partial charge on any atom is 0.407 e. The molecular weight excluding hydrogens is 728 g/mol. The molecular formula is C40H50N4O12. The summed E-state index contributed by atoms with van der Waals surface area (Å²) >= 11 is 0. The molecule has 0 aromatic heterocycles. The van der Waals surface area contributed by atoms with Crippen LogP contribution in [-0.2, 0) is 24.8 Å². The fourth-order valence-corrected chi connectivity index (χ4v) is 5.88. The number of hydrogen-bond acceptors (Lipinski definition) is 12.